The van der Waals surface area contributed by atoms with E-state index in [0.29, 0.717) is 12.6 Å². The predicted octanol–water partition coefficient (Wildman–Crippen LogP) is 2.13. The van der Waals surface area contributed by atoms with Crippen LogP contribution in [0, 0.1) is 13.8 Å². The fraction of sp³-hybridized carbons (Fsp3) is 0.667. The molecule has 1 fully saturated rings. The first-order valence-corrected chi connectivity index (χ1v) is 6.09. The fourth-order valence-corrected chi connectivity index (χ4v) is 1.87. The number of guanidine groups is 1. The van der Waals surface area contributed by atoms with Crippen LogP contribution >= 0.6 is 24.0 Å². The average molecular weight is 364 g/mol. The normalized spacial score (nSPS) is 15.8. The van der Waals surface area contributed by atoms with Crippen LogP contribution in [-0.2, 0) is 6.54 Å². The molecule has 0 aliphatic heterocycles. The monoisotopic (exact) mass is 364 g/mol. The number of aliphatic imine (C=N–C) groups is 1. The highest BCUT2D eigenvalue weighted by Gasteiger charge is 2.18. The molecule has 2 rings (SSSR count). The van der Waals surface area contributed by atoms with Crippen LogP contribution in [0.1, 0.15) is 36.3 Å². The van der Waals surface area contributed by atoms with E-state index in [4.69, 9.17) is 4.52 Å². The Balaban J connectivity index is 0.00000162. The van der Waals surface area contributed by atoms with Gasteiger partial charge in [0.05, 0.1) is 5.69 Å². The minimum atomic E-state index is 0. The van der Waals surface area contributed by atoms with E-state index in [1.807, 2.05) is 13.8 Å². The Morgan fingerprint density at radius 1 is 1.44 bits per heavy atom. The molecule has 1 heterocycles. The molecule has 5 nitrogen and oxygen atoms in total. The summed E-state index contributed by atoms with van der Waals surface area (Å²) in [6, 6.07) is 0.589. The molecular formula is C12H21IN4O. The Bertz CT molecular complexity index is 393. The van der Waals surface area contributed by atoms with Crippen molar-refractivity contribution in [1.82, 2.24) is 15.8 Å². The minimum Gasteiger partial charge on any atom is -0.361 e. The zero-order chi connectivity index (χ0) is 12.3. The lowest BCUT2D eigenvalue weighted by Crippen LogP contribution is -2.46. The van der Waals surface area contributed by atoms with Gasteiger partial charge in [0.25, 0.3) is 0 Å². The molecule has 2 N–H and O–H groups in total. The molecule has 1 saturated carbocycles. The van der Waals surface area contributed by atoms with Crippen molar-refractivity contribution in [1.29, 1.82) is 0 Å². The number of hydrogen-bond donors (Lipinski definition) is 2. The van der Waals surface area contributed by atoms with Gasteiger partial charge in [-0.15, -0.1) is 24.0 Å². The van der Waals surface area contributed by atoms with Gasteiger partial charge in [0.1, 0.15) is 5.76 Å². The van der Waals surface area contributed by atoms with Gasteiger partial charge in [-0.25, -0.2) is 0 Å². The molecule has 0 aromatic carbocycles. The van der Waals surface area contributed by atoms with Crippen molar-refractivity contribution < 1.29 is 4.52 Å². The summed E-state index contributed by atoms with van der Waals surface area (Å²) in [5.41, 5.74) is 2.05. The van der Waals surface area contributed by atoms with Crippen LogP contribution in [0.4, 0.5) is 0 Å². The average Bonchev–Trinajstić information content (AvgIpc) is 2.57. The molecule has 1 aromatic heterocycles. The standard InChI is InChI=1S/C12H20N4O.HI/c1-8-11(9(2)17-16-8)7-14-12(13-3)15-10-5-4-6-10;/h10H,4-7H2,1-3H3,(H2,13,14,15);1H. The Kier molecular flexibility index (Phi) is 5.90. The predicted molar refractivity (Wildman–Crippen MR) is 82.4 cm³/mol. The van der Waals surface area contributed by atoms with Gasteiger partial charge in [-0.1, -0.05) is 5.16 Å². The van der Waals surface area contributed by atoms with Crippen LogP contribution in [-0.4, -0.2) is 24.2 Å². The third kappa shape index (κ3) is 3.60. The molecule has 0 saturated heterocycles. The molecule has 6 heteroatoms. The topological polar surface area (TPSA) is 62.5 Å². The largest absolute Gasteiger partial charge is 0.361 e. The molecule has 0 amide bonds. The third-order valence-corrected chi connectivity index (χ3v) is 3.28. The van der Waals surface area contributed by atoms with Gasteiger partial charge in [-0.05, 0) is 33.1 Å². The quantitative estimate of drug-likeness (QED) is 0.490. The number of halogens is 1. The molecule has 18 heavy (non-hydrogen) atoms. The van der Waals surface area contributed by atoms with Gasteiger partial charge in [-0.2, -0.15) is 0 Å². The molecule has 0 atom stereocenters. The molecule has 1 aliphatic carbocycles. The first kappa shape index (κ1) is 15.3. The van der Waals surface area contributed by atoms with Gasteiger partial charge in [-0.3, -0.25) is 4.99 Å². The van der Waals surface area contributed by atoms with E-state index in [1.54, 1.807) is 7.05 Å². The summed E-state index contributed by atoms with van der Waals surface area (Å²) in [6.07, 6.45) is 3.80. The van der Waals surface area contributed by atoms with E-state index >= 15 is 0 Å². The maximum atomic E-state index is 5.12. The lowest BCUT2D eigenvalue weighted by molar-refractivity contribution is 0.379. The zero-order valence-electron chi connectivity index (χ0n) is 11.1. The van der Waals surface area contributed by atoms with Crippen LogP contribution < -0.4 is 10.6 Å². The van der Waals surface area contributed by atoms with Crippen molar-refractivity contribution in [3.63, 3.8) is 0 Å². The summed E-state index contributed by atoms with van der Waals surface area (Å²) < 4.78 is 5.12. The third-order valence-electron chi connectivity index (χ3n) is 3.28. The smallest absolute Gasteiger partial charge is 0.191 e. The first-order chi connectivity index (χ1) is 8.20. The Morgan fingerprint density at radius 3 is 2.61 bits per heavy atom. The van der Waals surface area contributed by atoms with Crippen LogP contribution in [0.5, 0.6) is 0 Å². The molecule has 0 unspecified atom stereocenters. The van der Waals surface area contributed by atoms with Gasteiger partial charge in [0, 0.05) is 25.2 Å². The lowest BCUT2D eigenvalue weighted by Gasteiger charge is -2.28. The van der Waals surface area contributed by atoms with Crippen LogP contribution in [0.2, 0.25) is 0 Å². The minimum absolute atomic E-state index is 0. The van der Waals surface area contributed by atoms with E-state index in [0.717, 1.165) is 23.0 Å². The van der Waals surface area contributed by atoms with Crippen LogP contribution in [0.15, 0.2) is 9.52 Å². The van der Waals surface area contributed by atoms with Gasteiger partial charge in [0.2, 0.25) is 0 Å². The van der Waals surface area contributed by atoms with Crippen LogP contribution in [0.25, 0.3) is 0 Å². The summed E-state index contributed by atoms with van der Waals surface area (Å²) in [5, 5.41) is 10.6. The number of rotatable bonds is 3. The fourth-order valence-electron chi connectivity index (χ4n) is 1.87. The van der Waals surface area contributed by atoms with Gasteiger partial charge < -0.3 is 15.2 Å². The van der Waals surface area contributed by atoms with Gasteiger partial charge >= 0.3 is 0 Å². The number of nitrogens with one attached hydrogen (secondary N) is 2. The number of hydrogen-bond acceptors (Lipinski definition) is 3. The van der Waals surface area contributed by atoms with E-state index in [1.165, 1.54) is 19.3 Å². The highest BCUT2D eigenvalue weighted by molar-refractivity contribution is 14.0. The summed E-state index contributed by atoms with van der Waals surface area (Å²) in [5.74, 6) is 1.73. The van der Waals surface area contributed by atoms with E-state index in [-0.39, 0.29) is 24.0 Å². The summed E-state index contributed by atoms with van der Waals surface area (Å²) in [6.45, 7) is 4.59. The molecule has 1 aromatic rings. The van der Waals surface area contributed by atoms with Crippen molar-refractivity contribution in [2.24, 2.45) is 4.99 Å². The Morgan fingerprint density at radius 2 is 2.17 bits per heavy atom. The van der Waals surface area contributed by atoms with Crippen molar-refractivity contribution in [2.75, 3.05) is 7.05 Å². The number of nitrogens with zero attached hydrogens (tertiary/aromatic N) is 2. The Hall–Kier alpha value is -0.790. The highest BCUT2D eigenvalue weighted by Crippen LogP contribution is 2.17. The van der Waals surface area contributed by atoms with Crippen LogP contribution in [0.3, 0.4) is 0 Å². The Labute approximate surface area is 125 Å². The van der Waals surface area contributed by atoms with Crippen molar-refractivity contribution >= 4 is 29.9 Å². The molecule has 0 bridgehead atoms. The van der Waals surface area contributed by atoms with E-state index < -0.39 is 0 Å². The van der Waals surface area contributed by atoms with Crippen molar-refractivity contribution in [3.05, 3.63) is 17.0 Å². The second-order valence-electron chi connectivity index (χ2n) is 4.50. The second kappa shape index (κ2) is 6.96. The van der Waals surface area contributed by atoms with Gasteiger partial charge in [0.15, 0.2) is 5.96 Å². The summed E-state index contributed by atoms with van der Waals surface area (Å²) in [7, 11) is 1.79. The second-order valence-corrected chi connectivity index (χ2v) is 4.50. The lowest BCUT2D eigenvalue weighted by atomic mass is 9.93. The number of aromatic nitrogens is 1. The first-order valence-electron chi connectivity index (χ1n) is 6.09. The SMILES string of the molecule is CN=C(NCc1c(C)noc1C)NC1CCC1.I. The van der Waals surface area contributed by atoms with E-state index in [9.17, 15) is 0 Å². The zero-order valence-corrected chi connectivity index (χ0v) is 13.4. The maximum Gasteiger partial charge on any atom is 0.191 e. The van der Waals surface area contributed by atoms with Crippen molar-refractivity contribution in [2.45, 2.75) is 45.7 Å². The molecular weight excluding hydrogens is 343 g/mol. The maximum absolute atomic E-state index is 5.12. The molecule has 0 radical (unpaired) electrons. The number of aryl methyl sites for hydroxylation is 2. The molecule has 1 aliphatic rings. The van der Waals surface area contributed by atoms with E-state index in [2.05, 4.69) is 20.8 Å². The highest BCUT2D eigenvalue weighted by atomic mass is 127. The summed E-state index contributed by atoms with van der Waals surface area (Å²) >= 11 is 0. The summed E-state index contributed by atoms with van der Waals surface area (Å²) in [4.78, 5) is 4.21. The molecule has 102 valence electrons. The molecule has 0 spiro atoms. The van der Waals surface area contributed by atoms with Crippen molar-refractivity contribution in [3.8, 4) is 0 Å².